The molecule has 1 amide bonds. The summed E-state index contributed by atoms with van der Waals surface area (Å²) in [5.74, 6) is 0.766. The number of aromatic amines is 1. The van der Waals surface area contributed by atoms with E-state index in [1.165, 1.54) is 0 Å². The molecule has 0 aliphatic carbocycles. The first kappa shape index (κ1) is 18.3. The molecule has 0 bridgehead atoms. The van der Waals surface area contributed by atoms with Crippen molar-refractivity contribution in [2.24, 2.45) is 0 Å². The second-order valence-electron chi connectivity index (χ2n) is 7.00. The normalized spacial score (nSPS) is 15.5. The fourth-order valence-electron chi connectivity index (χ4n) is 3.59. The molecule has 0 radical (unpaired) electrons. The molecule has 3 heterocycles. The van der Waals surface area contributed by atoms with Crippen LogP contribution in [0, 0.1) is 0 Å². The summed E-state index contributed by atoms with van der Waals surface area (Å²) >= 11 is 0. The molecular formula is C21H23N5O2. The second-order valence-corrected chi connectivity index (χ2v) is 7.00. The number of nitrogens with zero attached hydrogens (tertiary/aromatic N) is 4. The molecule has 4 rings (SSSR count). The zero-order chi connectivity index (χ0) is 19.3. The molecule has 1 saturated heterocycles. The van der Waals surface area contributed by atoms with Crippen LogP contribution in [0.15, 0.2) is 53.6 Å². The maximum atomic E-state index is 12.6. The van der Waals surface area contributed by atoms with Crippen LogP contribution in [0.4, 0.5) is 0 Å². The lowest BCUT2D eigenvalue weighted by atomic mass is 10.2. The van der Waals surface area contributed by atoms with Crippen molar-refractivity contribution in [3.05, 3.63) is 70.5 Å². The molecule has 1 aliphatic rings. The van der Waals surface area contributed by atoms with Gasteiger partial charge in [0.15, 0.2) is 0 Å². The van der Waals surface area contributed by atoms with Crippen LogP contribution in [0.25, 0.3) is 10.9 Å². The number of para-hydroxylation sites is 1. The number of rotatable bonds is 4. The molecule has 0 spiro atoms. The van der Waals surface area contributed by atoms with E-state index in [4.69, 9.17) is 0 Å². The highest BCUT2D eigenvalue weighted by atomic mass is 16.2. The summed E-state index contributed by atoms with van der Waals surface area (Å²) in [6.45, 7) is 4.00. The van der Waals surface area contributed by atoms with Crippen molar-refractivity contribution >= 4 is 16.8 Å². The van der Waals surface area contributed by atoms with Crippen LogP contribution in [-0.2, 0) is 6.42 Å². The Morgan fingerprint density at radius 1 is 1.04 bits per heavy atom. The molecule has 7 heteroatoms. The highest BCUT2D eigenvalue weighted by Crippen LogP contribution is 2.10. The number of pyridine rings is 1. The SMILES string of the molecule is O=C(c1ccncc1)N1CCCN(CCc2nc3ccccc3c(=O)[nH]2)CC1. The lowest BCUT2D eigenvalue weighted by Crippen LogP contribution is -2.35. The van der Waals surface area contributed by atoms with Gasteiger partial charge >= 0.3 is 0 Å². The van der Waals surface area contributed by atoms with Gasteiger partial charge in [-0.15, -0.1) is 0 Å². The minimum Gasteiger partial charge on any atom is -0.337 e. The van der Waals surface area contributed by atoms with Crippen LogP contribution >= 0.6 is 0 Å². The van der Waals surface area contributed by atoms with Crippen molar-refractivity contribution < 1.29 is 4.79 Å². The molecule has 1 aromatic carbocycles. The lowest BCUT2D eigenvalue weighted by Gasteiger charge is -2.22. The van der Waals surface area contributed by atoms with Crippen molar-refractivity contribution in [3.63, 3.8) is 0 Å². The number of hydrogen-bond acceptors (Lipinski definition) is 5. The number of H-pyrrole nitrogens is 1. The number of aromatic nitrogens is 3. The average molecular weight is 377 g/mol. The third-order valence-corrected chi connectivity index (χ3v) is 5.13. The first-order valence-corrected chi connectivity index (χ1v) is 9.60. The predicted octanol–water partition coefficient (Wildman–Crippen LogP) is 1.71. The second kappa shape index (κ2) is 8.31. The summed E-state index contributed by atoms with van der Waals surface area (Å²) in [5, 5.41) is 0.617. The van der Waals surface area contributed by atoms with Gasteiger partial charge in [0.25, 0.3) is 11.5 Å². The molecule has 28 heavy (non-hydrogen) atoms. The van der Waals surface area contributed by atoms with E-state index in [2.05, 4.69) is 19.9 Å². The first-order valence-electron chi connectivity index (χ1n) is 9.60. The Bertz CT molecular complexity index is 1020. The van der Waals surface area contributed by atoms with Gasteiger partial charge in [-0.2, -0.15) is 0 Å². The number of benzene rings is 1. The largest absolute Gasteiger partial charge is 0.337 e. The molecule has 3 aromatic rings. The molecule has 2 aromatic heterocycles. The summed E-state index contributed by atoms with van der Waals surface area (Å²) < 4.78 is 0. The van der Waals surface area contributed by atoms with Gasteiger partial charge in [0.1, 0.15) is 5.82 Å². The Morgan fingerprint density at radius 2 is 1.86 bits per heavy atom. The van der Waals surface area contributed by atoms with Gasteiger partial charge in [-0.1, -0.05) is 12.1 Å². The van der Waals surface area contributed by atoms with E-state index in [1.54, 1.807) is 30.6 Å². The average Bonchev–Trinajstić information content (AvgIpc) is 2.98. The topological polar surface area (TPSA) is 82.2 Å². The molecule has 0 saturated carbocycles. The van der Waals surface area contributed by atoms with Crippen LogP contribution in [-0.4, -0.2) is 63.4 Å². The van der Waals surface area contributed by atoms with Crippen LogP contribution in [0.1, 0.15) is 22.6 Å². The first-order chi connectivity index (χ1) is 13.7. The van der Waals surface area contributed by atoms with Crippen molar-refractivity contribution in [1.82, 2.24) is 24.8 Å². The number of nitrogens with one attached hydrogen (secondary N) is 1. The maximum Gasteiger partial charge on any atom is 0.258 e. The maximum absolute atomic E-state index is 12.6. The van der Waals surface area contributed by atoms with Gasteiger partial charge in [0.05, 0.1) is 10.9 Å². The Morgan fingerprint density at radius 3 is 2.71 bits per heavy atom. The van der Waals surface area contributed by atoms with Gasteiger partial charge in [-0.25, -0.2) is 4.98 Å². The smallest absolute Gasteiger partial charge is 0.258 e. The van der Waals surface area contributed by atoms with Gasteiger partial charge in [-0.3, -0.25) is 14.6 Å². The Balaban J connectivity index is 1.37. The molecule has 1 aliphatic heterocycles. The van der Waals surface area contributed by atoms with Crippen molar-refractivity contribution in [1.29, 1.82) is 0 Å². The zero-order valence-electron chi connectivity index (χ0n) is 15.7. The quantitative estimate of drug-likeness (QED) is 0.748. The standard InChI is InChI=1S/C21H23N5O2/c27-20-17-4-1-2-5-18(17)23-19(24-20)8-13-25-11-3-12-26(15-14-25)21(28)16-6-9-22-10-7-16/h1-2,4-7,9-10H,3,8,11-15H2,(H,23,24,27). The van der Waals surface area contributed by atoms with E-state index in [1.807, 2.05) is 23.1 Å². The van der Waals surface area contributed by atoms with E-state index in [9.17, 15) is 9.59 Å². The minimum absolute atomic E-state index is 0.0600. The van der Waals surface area contributed by atoms with Gasteiger partial charge in [-0.05, 0) is 37.2 Å². The van der Waals surface area contributed by atoms with Crippen molar-refractivity contribution in [3.8, 4) is 0 Å². The zero-order valence-corrected chi connectivity index (χ0v) is 15.7. The third kappa shape index (κ3) is 4.09. The fourth-order valence-corrected chi connectivity index (χ4v) is 3.59. The van der Waals surface area contributed by atoms with Gasteiger partial charge < -0.3 is 14.8 Å². The van der Waals surface area contributed by atoms with Crippen LogP contribution in [0.2, 0.25) is 0 Å². The van der Waals surface area contributed by atoms with E-state index in [0.717, 1.165) is 38.1 Å². The lowest BCUT2D eigenvalue weighted by molar-refractivity contribution is 0.0761. The van der Waals surface area contributed by atoms with Crippen LogP contribution in [0.5, 0.6) is 0 Å². The van der Waals surface area contributed by atoms with E-state index < -0.39 is 0 Å². The van der Waals surface area contributed by atoms with E-state index >= 15 is 0 Å². The van der Waals surface area contributed by atoms with Gasteiger partial charge in [0, 0.05) is 50.6 Å². The number of carbonyl (C=O) groups is 1. The van der Waals surface area contributed by atoms with Crippen molar-refractivity contribution in [2.45, 2.75) is 12.8 Å². The molecule has 144 valence electrons. The minimum atomic E-state index is -0.0920. The summed E-state index contributed by atoms with van der Waals surface area (Å²) in [6.07, 6.45) is 4.90. The summed E-state index contributed by atoms with van der Waals surface area (Å²) in [5.41, 5.74) is 1.32. The molecule has 1 N–H and O–H groups in total. The molecule has 0 unspecified atom stereocenters. The Hall–Kier alpha value is -3.06. The Labute approximate surface area is 163 Å². The monoisotopic (exact) mass is 377 g/mol. The summed E-state index contributed by atoms with van der Waals surface area (Å²) in [7, 11) is 0. The number of fused-ring (bicyclic) bond motifs is 1. The summed E-state index contributed by atoms with van der Waals surface area (Å²) in [4.78, 5) is 40.5. The highest BCUT2D eigenvalue weighted by Gasteiger charge is 2.20. The highest BCUT2D eigenvalue weighted by molar-refractivity contribution is 5.94. The van der Waals surface area contributed by atoms with Gasteiger partial charge in [0.2, 0.25) is 0 Å². The predicted molar refractivity (Wildman–Crippen MR) is 107 cm³/mol. The van der Waals surface area contributed by atoms with Crippen molar-refractivity contribution in [2.75, 3.05) is 32.7 Å². The number of carbonyl (C=O) groups excluding carboxylic acids is 1. The molecule has 1 fully saturated rings. The molecular weight excluding hydrogens is 354 g/mol. The molecule has 7 nitrogen and oxygen atoms in total. The fraction of sp³-hybridized carbons (Fsp3) is 0.333. The van der Waals surface area contributed by atoms with Crippen LogP contribution in [0.3, 0.4) is 0 Å². The molecule has 0 atom stereocenters. The van der Waals surface area contributed by atoms with E-state index in [0.29, 0.717) is 29.7 Å². The van der Waals surface area contributed by atoms with E-state index in [-0.39, 0.29) is 11.5 Å². The van der Waals surface area contributed by atoms with Crippen LogP contribution < -0.4 is 5.56 Å². The Kier molecular flexibility index (Phi) is 5.43. The third-order valence-electron chi connectivity index (χ3n) is 5.13. The number of amides is 1. The number of hydrogen-bond donors (Lipinski definition) is 1. The summed E-state index contributed by atoms with van der Waals surface area (Å²) in [6, 6.07) is 10.9.